The Hall–Kier alpha value is -3.72. The Morgan fingerprint density at radius 1 is 0.236 bits per heavy atom. The van der Waals surface area contributed by atoms with Crippen molar-refractivity contribution in [1.29, 1.82) is 0 Å². The maximum Gasteiger partial charge on any atom is 0.217 e. The molecule has 0 radical (unpaired) electrons. The molecule has 27 N–H and O–H groups in total. The molecule has 45 atom stereocenters. The summed E-state index contributed by atoms with van der Waals surface area (Å²) in [6.45, 7) is -1.25. The molecule has 9 rings (SSSR count). The van der Waals surface area contributed by atoms with Gasteiger partial charge in [0.2, 0.25) is 23.6 Å². The number of rotatable bonds is 27. The summed E-state index contributed by atoms with van der Waals surface area (Å²) in [6, 6.07) is -7.28. The lowest BCUT2D eigenvalue weighted by Crippen LogP contribution is -2.72. The van der Waals surface area contributed by atoms with Crippen molar-refractivity contribution in [2.75, 3.05) is 46.2 Å². The van der Waals surface area contributed by atoms with Crippen LogP contribution in [0.4, 0.5) is 0 Å². The maximum absolute atomic E-state index is 13.5. The van der Waals surface area contributed by atoms with Gasteiger partial charge in [-0.15, -0.1) is 0 Å². The van der Waals surface area contributed by atoms with E-state index in [2.05, 4.69) is 21.3 Å². The number of carbonyl (C=O) groups excluding carboxylic acids is 4. The van der Waals surface area contributed by atoms with Crippen molar-refractivity contribution >= 4 is 23.6 Å². The molecule has 45 unspecified atom stereocenters. The fourth-order valence-electron chi connectivity index (χ4n) is 14.5. The Labute approximate surface area is 624 Å². The molecule has 0 aliphatic carbocycles. The zero-order valence-corrected chi connectivity index (χ0v) is 59.8. The summed E-state index contributed by atoms with van der Waals surface area (Å²) in [6.07, 6.45) is -81.6. The van der Waals surface area contributed by atoms with Gasteiger partial charge in [-0.25, -0.2) is 0 Å². The third-order valence-electron chi connectivity index (χ3n) is 20.3. The van der Waals surface area contributed by atoms with Crippen LogP contribution >= 0.6 is 0 Å². The van der Waals surface area contributed by atoms with Gasteiger partial charge < -0.3 is 219 Å². The molecule has 0 bridgehead atoms. The first kappa shape index (κ1) is 90.2. The van der Waals surface area contributed by atoms with Gasteiger partial charge in [-0.3, -0.25) is 19.2 Å². The van der Waals surface area contributed by atoms with E-state index < -0.39 is 346 Å². The second kappa shape index (κ2) is 39.0. The number of aliphatic hydroxyl groups is 23. The van der Waals surface area contributed by atoms with Gasteiger partial charge in [0.05, 0.1) is 58.5 Å². The summed E-state index contributed by atoms with van der Waals surface area (Å²) < 4.78 is 101. The van der Waals surface area contributed by atoms with E-state index >= 15 is 0 Å². The molecular formula is C62H104N4O44. The molecule has 48 heteroatoms. The van der Waals surface area contributed by atoms with Crippen LogP contribution in [0.5, 0.6) is 0 Å². The maximum atomic E-state index is 13.5. The second-order valence-electron chi connectivity index (χ2n) is 28.1. The van der Waals surface area contributed by atoms with Gasteiger partial charge in [0, 0.05) is 27.7 Å². The average molecular weight is 1610 g/mol. The molecule has 636 valence electrons. The quantitative estimate of drug-likeness (QED) is 0.0363. The van der Waals surface area contributed by atoms with E-state index in [1.54, 1.807) is 0 Å². The standard InChI is InChI=1S/C62H104N4O44/c1-14-31(78)38(85)41(88)58(94-14)107-50-29(65-18(5)76)54(93)96-25(12-72)48(50)105-61-45(92)53(35(82)22(9-69)98-61)110-57-30(66-19(6)77)51(108-59-42(89)39(86)32(79)15(2)95-59)49(26(13-73)101-57)106-62-44(91)52(34(81)21(8-68)99-62)109-56-28(64-17(4)75)37(84)46(23(10-70)100-56)104-60-43(90)40(87)47(24(11-71)102-60)103-55-27(63-16(3)74)36(83)33(80)20(7-67)97-55/h14-15,20-62,67-73,78-93H,7-13H2,1-6H3,(H,63,74)(H,64,75)(H,65,76)(H,66,77). The molecule has 0 saturated carbocycles. The zero-order chi connectivity index (χ0) is 81.1. The number of aliphatic hydroxyl groups excluding tert-OH is 23. The number of ether oxygens (including phenoxy) is 17. The first-order chi connectivity index (χ1) is 52.0. The van der Waals surface area contributed by atoms with E-state index in [9.17, 15) is 137 Å². The van der Waals surface area contributed by atoms with E-state index in [0.29, 0.717) is 0 Å². The number of nitrogens with one attached hydrogen (secondary N) is 4. The molecular weight excluding hydrogens is 1500 g/mol. The second-order valence-corrected chi connectivity index (χ2v) is 28.1. The third kappa shape index (κ3) is 19.6. The first-order valence-electron chi connectivity index (χ1n) is 35.3. The van der Waals surface area contributed by atoms with Crippen LogP contribution in [-0.4, -0.2) is 463 Å². The number of hydrogen-bond acceptors (Lipinski definition) is 44. The third-order valence-corrected chi connectivity index (χ3v) is 20.3. The summed E-state index contributed by atoms with van der Waals surface area (Å²) >= 11 is 0. The van der Waals surface area contributed by atoms with Crippen molar-refractivity contribution in [2.24, 2.45) is 0 Å². The molecule has 9 fully saturated rings. The number of hydrogen-bond donors (Lipinski definition) is 27. The zero-order valence-electron chi connectivity index (χ0n) is 59.8. The summed E-state index contributed by atoms with van der Waals surface area (Å²) in [4.78, 5) is 51.3. The Morgan fingerprint density at radius 3 is 0.918 bits per heavy atom. The van der Waals surface area contributed by atoms with E-state index in [1.165, 1.54) is 13.8 Å². The molecule has 110 heavy (non-hydrogen) atoms. The largest absolute Gasteiger partial charge is 0.394 e. The van der Waals surface area contributed by atoms with Gasteiger partial charge in [0.25, 0.3) is 0 Å². The van der Waals surface area contributed by atoms with Crippen LogP contribution in [0.15, 0.2) is 0 Å². The highest BCUT2D eigenvalue weighted by molar-refractivity contribution is 5.74. The summed E-state index contributed by atoms with van der Waals surface area (Å²) in [5.74, 6) is -3.54. The lowest BCUT2D eigenvalue weighted by molar-refractivity contribution is -0.398. The highest BCUT2D eigenvalue weighted by Gasteiger charge is 2.62. The van der Waals surface area contributed by atoms with E-state index in [-0.39, 0.29) is 0 Å². The predicted octanol–water partition coefficient (Wildman–Crippen LogP) is -18.0. The van der Waals surface area contributed by atoms with Crippen LogP contribution in [0.2, 0.25) is 0 Å². The van der Waals surface area contributed by atoms with Crippen LogP contribution in [0, 0.1) is 0 Å². The molecule has 9 heterocycles. The minimum atomic E-state index is -2.44. The highest BCUT2D eigenvalue weighted by Crippen LogP contribution is 2.41. The molecule has 0 spiro atoms. The van der Waals surface area contributed by atoms with E-state index in [4.69, 9.17) is 80.5 Å². The van der Waals surface area contributed by atoms with Crippen LogP contribution in [0.25, 0.3) is 0 Å². The Morgan fingerprint density at radius 2 is 0.500 bits per heavy atom. The Balaban J connectivity index is 0.986. The SMILES string of the molecule is CC(=O)NC1C(OC2C(CO)OC(OC3C(CO)OC(OC4C(O)C(CO)OC(OC5C(CO)OC(OC6C(O)C(CO)OC(OC7C(CO)OC(O)C(NC(C)=O)C7OC7OC(C)C(O)C(O)C7O)C6O)C(NC(C)=O)C5OC5OC(C)C(O)C(O)C5O)C4O)C(NC(C)=O)C3O)C(O)C2O)OC(CO)C(O)C1O. The fraction of sp³-hybridized carbons (Fsp3) is 0.935. The van der Waals surface area contributed by atoms with Gasteiger partial charge in [-0.1, -0.05) is 0 Å². The van der Waals surface area contributed by atoms with E-state index in [0.717, 1.165) is 27.7 Å². The molecule has 0 aromatic rings. The van der Waals surface area contributed by atoms with Crippen molar-refractivity contribution in [3.05, 3.63) is 0 Å². The van der Waals surface area contributed by atoms with Gasteiger partial charge in [0.15, 0.2) is 56.6 Å². The lowest BCUT2D eigenvalue weighted by Gasteiger charge is -2.52. The smallest absolute Gasteiger partial charge is 0.217 e. The lowest BCUT2D eigenvalue weighted by atomic mass is 9.93. The number of amides is 4. The van der Waals surface area contributed by atoms with Crippen molar-refractivity contribution in [3.63, 3.8) is 0 Å². The van der Waals surface area contributed by atoms with Crippen molar-refractivity contribution in [2.45, 2.75) is 318 Å². The van der Waals surface area contributed by atoms with E-state index in [1.807, 2.05) is 0 Å². The molecule has 0 aromatic heterocycles. The van der Waals surface area contributed by atoms with Crippen LogP contribution in [0.3, 0.4) is 0 Å². The molecule has 9 aliphatic heterocycles. The summed E-state index contributed by atoms with van der Waals surface area (Å²) in [5, 5.41) is 266. The van der Waals surface area contributed by atoms with Gasteiger partial charge >= 0.3 is 0 Å². The summed E-state index contributed by atoms with van der Waals surface area (Å²) in [5.41, 5.74) is 0. The van der Waals surface area contributed by atoms with Gasteiger partial charge in [-0.05, 0) is 13.8 Å². The topological polar surface area (TPSA) is 739 Å². The Bertz CT molecular complexity index is 2930. The van der Waals surface area contributed by atoms with Gasteiger partial charge in [-0.2, -0.15) is 0 Å². The predicted molar refractivity (Wildman–Crippen MR) is 341 cm³/mol. The average Bonchev–Trinajstić information content (AvgIpc) is 0.762. The number of carbonyl (C=O) groups is 4. The monoisotopic (exact) mass is 1610 g/mol. The molecule has 0 aromatic carbocycles. The Kier molecular flexibility index (Phi) is 32.0. The summed E-state index contributed by atoms with van der Waals surface area (Å²) in [7, 11) is 0. The van der Waals surface area contributed by atoms with Crippen LogP contribution in [0.1, 0.15) is 41.5 Å². The van der Waals surface area contributed by atoms with Gasteiger partial charge in [0.1, 0.15) is 207 Å². The minimum Gasteiger partial charge on any atom is -0.394 e. The highest BCUT2D eigenvalue weighted by atomic mass is 16.8. The molecule has 48 nitrogen and oxygen atoms in total. The first-order valence-corrected chi connectivity index (χ1v) is 35.3. The van der Waals surface area contributed by atoms with Crippen LogP contribution < -0.4 is 21.3 Å². The fourth-order valence-corrected chi connectivity index (χ4v) is 14.5. The van der Waals surface area contributed by atoms with Crippen molar-refractivity contribution < 1.29 is 217 Å². The van der Waals surface area contributed by atoms with Crippen molar-refractivity contribution in [1.82, 2.24) is 21.3 Å². The minimum absolute atomic E-state index is 0.763. The van der Waals surface area contributed by atoms with Crippen LogP contribution in [-0.2, 0) is 99.7 Å². The van der Waals surface area contributed by atoms with Crippen molar-refractivity contribution in [3.8, 4) is 0 Å². The molecule has 9 aliphatic rings. The molecule has 4 amide bonds. The normalized spacial score (nSPS) is 49.6. The molecule has 9 saturated heterocycles.